The van der Waals surface area contributed by atoms with Crippen molar-refractivity contribution in [1.82, 2.24) is 9.97 Å². The average Bonchev–Trinajstić information content (AvgIpc) is 2.79. The molecule has 2 aromatic carbocycles. The summed E-state index contributed by atoms with van der Waals surface area (Å²) in [5.41, 5.74) is 1.36. The molecule has 0 amide bonds. The molecule has 1 heterocycles. The topological polar surface area (TPSA) is 81.5 Å². The Hall–Kier alpha value is -3.25. The Morgan fingerprint density at radius 2 is 1.47 bits per heavy atom. The van der Waals surface area contributed by atoms with E-state index in [9.17, 15) is 9.90 Å². The van der Waals surface area contributed by atoms with Crippen LogP contribution in [0.4, 0.5) is 0 Å². The van der Waals surface area contributed by atoms with E-state index < -0.39 is 17.7 Å². The first-order valence-corrected chi connectivity index (χ1v) is 10.8. The Labute approximate surface area is 189 Å². The van der Waals surface area contributed by atoms with Crippen LogP contribution in [0.2, 0.25) is 0 Å². The molecule has 3 aromatic rings. The molecule has 0 bridgehead atoms. The van der Waals surface area contributed by atoms with Gasteiger partial charge in [0.05, 0.1) is 6.61 Å². The molecule has 6 heteroatoms. The number of rotatable bonds is 10. The second-order valence-electron chi connectivity index (χ2n) is 8.06. The first-order chi connectivity index (χ1) is 15.4. The van der Waals surface area contributed by atoms with Gasteiger partial charge in [-0.1, -0.05) is 80.9 Å². The third kappa shape index (κ3) is 5.14. The summed E-state index contributed by atoms with van der Waals surface area (Å²) in [4.78, 5) is 21.4. The predicted octanol–water partition coefficient (Wildman–Crippen LogP) is 4.93. The Balaban J connectivity index is 2.22. The lowest BCUT2D eigenvalue weighted by Crippen LogP contribution is -2.52. The molecule has 0 aliphatic rings. The summed E-state index contributed by atoms with van der Waals surface area (Å²) in [7, 11) is 0. The summed E-state index contributed by atoms with van der Waals surface area (Å²) in [6.45, 7) is 8.15. The third-order valence-electron chi connectivity index (χ3n) is 5.48. The van der Waals surface area contributed by atoms with Crippen molar-refractivity contribution in [1.29, 1.82) is 0 Å². The Morgan fingerprint density at radius 1 is 0.969 bits per heavy atom. The van der Waals surface area contributed by atoms with Crippen molar-refractivity contribution in [2.45, 2.75) is 45.8 Å². The standard InChI is InChI=1S/C26H30N2O4/c1-5-18(2)17-31-26(21-12-8-6-9-13-21,22-14-10-7-11-15-22)23(24(29)30)32-25-27-19(3)16-20(4)28-25/h6-16,18,23H,5,17H2,1-4H3,(H,29,30)/t18-,23+/m0/s1. The number of nitrogens with zero attached hydrogens (tertiary/aromatic N) is 2. The second-order valence-corrected chi connectivity index (χ2v) is 8.06. The highest BCUT2D eigenvalue weighted by atomic mass is 16.6. The second kappa shape index (κ2) is 10.4. The quantitative estimate of drug-likeness (QED) is 0.487. The number of carboxylic acids is 1. The summed E-state index contributed by atoms with van der Waals surface area (Å²) >= 11 is 0. The largest absolute Gasteiger partial charge is 0.478 e. The third-order valence-corrected chi connectivity index (χ3v) is 5.48. The average molecular weight is 435 g/mol. The van der Waals surface area contributed by atoms with Crippen LogP contribution in [0.3, 0.4) is 0 Å². The van der Waals surface area contributed by atoms with Crippen molar-refractivity contribution in [3.05, 3.63) is 89.2 Å². The van der Waals surface area contributed by atoms with Gasteiger partial charge in [0.2, 0.25) is 6.10 Å². The van der Waals surface area contributed by atoms with E-state index in [4.69, 9.17) is 9.47 Å². The molecular formula is C26H30N2O4. The lowest BCUT2D eigenvalue weighted by atomic mass is 9.81. The summed E-state index contributed by atoms with van der Waals surface area (Å²) in [6.07, 6.45) is -0.518. The monoisotopic (exact) mass is 434 g/mol. The van der Waals surface area contributed by atoms with E-state index in [1.807, 2.05) is 80.6 Å². The fourth-order valence-electron chi connectivity index (χ4n) is 3.63. The van der Waals surface area contributed by atoms with Crippen LogP contribution in [0.15, 0.2) is 66.7 Å². The van der Waals surface area contributed by atoms with Gasteiger partial charge in [0.1, 0.15) is 0 Å². The molecule has 0 fully saturated rings. The van der Waals surface area contributed by atoms with Crippen molar-refractivity contribution in [2.24, 2.45) is 5.92 Å². The number of aryl methyl sites for hydroxylation is 2. The summed E-state index contributed by atoms with van der Waals surface area (Å²) in [5, 5.41) is 10.4. The van der Waals surface area contributed by atoms with Gasteiger partial charge in [-0.05, 0) is 37.0 Å². The van der Waals surface area contributed by atoms with Crippen LogP contribution in [-0.2, 0) is 15.1 Å². The molecule has 2 atom stereocenters. The zero-order valence-corrected chi connectivity index (χ0v) is 19.0. The minimum absolute atomic E-state index is 0.0123. The van der Waals surface area contributed by atoms with E-state index in [2.05, 4.69) is 23.8 Å². The molecule has 0 saturated heterocycles. The maximum Gasteiger partial charge on any atom is 0.348 e. The Bertz CT molecular complexity index is 965. The molecule has 0 aliphatic heterocycles. The molecule has 32 heavy (non-hydrogen) atoms. The fraction of sp³-hybridized carbons (Fsp3) is 0.346. The molecule has 0 saturated carbocycles. The fourth-order valence-corrected chi connectivity index (χ4v) is 3.63. The molecule has 0 aliphatic carbocycles. The SMILES string of the molecule is CC[C@H](C)COC(c1ccccc1)(c1ccccc1)[C@H](Oc1nc(C)cc(C)n1)C(=O)O. The highest BCUT2D eigenvalue weighted by Gasteiger charge is 2.50. The van der Waals surface area contributed by atoms with Gasteiger partial charge in [0.25, 0.3) is 0 Å². The van der Waals surface area contributed by atoms with Gasteiger partial charge in [0, 0.05) is 11.4 Å². The maximum atomic E-state index is 12.7. The van der Waals surface area contributed by atoms with Crippen LogP contribution in [0.1, 0.15) is 42.8 Å². The Morgan fingerprint density at radius 3 is 1.91 bits per heavy atom. The lowest BCUT2D eigenvalue weighted by Gasteiger charge is -2.39. The van der Waals surface area contributed by atoms with Crippen molar-refractivity contribution >= 4 is 5.97 Å². The number of carboxylic acid groups (broad SMARTS) is 1. The highest BCUT2D eigenvalue weighted by molar-refractivity contribution is 5.76. The normalized spacial score (nSPS) is 13.4. The van der Waals surface area contributed by atoms with E-state index in [-0.39, 0.29) is 11.9 Å². The number of ether oxygens (including phenoxy) is 2. The van der Waals surface area contributed by atoms with Crippen molar-refractivity contribution in [2.75, 3.05) is 6.61 Å². The molecule has 3 rings (SSSR count). The molecule has 0 spiro atoms. The first kappa shape index (κ1) is 23.4. The number of hydrogen-bond acceptors (Lipinski definition) is 5. The van der Waals surface area contributed by atoms with Crippen LogP contribution in [0, 0.1) is 19.8 Å². The minimum atomic E-state index is -1.42. The van der Waals surface area contributed by atoms with Crippen molar-refractivity contribution in [3.63, 3.8) is 0 Å². The number of aromatic nitrogens is 2. The number of aliphatic carboxylic acids is 1. The van der Waals surface area contributed by atoms with Crippen LogP contribution in [0.5, 0.6) is 6.01 Å². The van der Waals surface area contributed by atoms with Gasteiger partial charge in [0.15, 0.2) is 5.60 Å². The lowest BCUT2D eigenvalue weighted by molar-refractivity contribution is -0.166. The van der Waals surface area contributed by atoms with E-state index in [1.54, 1.807) is 0 Å². The molecule has 0 unspecified atom stereocenters. The number of benzene rings is 2. The number of hydrogen-bond donors (Lipinski definition) is 1. The van der Waals surface area contributed by atoms with E-state index in [0.29, 0.717) is 29.1 Å². The zero-order chi connectivity index (χ0) is 23.1. The predicted molar refractivity (Wildman–Crippen MR) is 123 cm³/mol. The van der Waals surface area contributed by atoms with Crippen LogP contribution in [0.25, 0.3) is 0 Å². The van der Waals surface area contributed by atoms with Gasteiger partial charge < -0.3 is 14.6 Å². The van der Waals surface area contributed by atoms with Gasteiger partial charge in [-0.2, -0.15) is 0 Å². The van der Waals surface area contributed by atoms with Crippen molar-refractivity contribution < 1.29 is 19.4 Å². The number of carbonyl (C=O) groups is 1. The van der Waals surface area contributed by atoms with Crippen molar-refractivity contribution in [3.8, 4) is 6.01 Å². The van der Waals surface area contributed by atoms with Crippen LogP contribution in [-0.4, -0.2) is 33.8 Å². The van der Waals surface area contributed by atoms with Gasteiger partial charge in [-0.15, -0.1) is 0 Å². The zero-order valence-electron chi connectivity index (χ0n) is 19.0. The first-order valence-electron chi connectivity index (χ1n) is 10.8. The van der Waals surface area contributed by atoms with Crippen LogP contribution >= 0.6 is 0 Å². The van der Waals surface area contributed by atoms with E-state index in [0.717, 1.165) is 6.42 Å². The van der Waals surface area contributed by atoms with Gasteiger partial charge in [-0.3, -0.25) is 0 Å². The Kier molecular flexibility index (Phi) is 7.59. The van der Waals surface area contributed by atoms with Crippen LogP contribution < -0.4 is 4.74 Å². The summed E-state index contributed by atoms with van der Waals surface area (Å²) in [6, 6.07) is 20.5. The smallest absolute Gasteiger partial charge is 0.348 e. The molecular weight excluding hydrogens is 404 g/mol. The molecule has 168 valence electrons. The molecule has 0 radical (unpaired) electrons. The minimum Gasteiger partial charge on any atom is -0.478 e. The highest BCUT2D eigenvalue weighted by Crippen LogP contribution is 2.39. The molecule has 1 aromatic heterocycles. The summed E-state index contributed by atoms with van der Waals surface area (Å²) < 4.78 is 12.6. The molecule has 6 nitrogen and oxygen atoms in total. The van der Waals surface area contributed by atoms with E-state index in [1.165, 1.54) is 0 Å². The molecule has 1 N–H and O–H groups in total. The van der Waals surface area contributed by atoms with E-state index >= 15 is 0 Å². The maximum absolute atomic E-state index is 12.7. The van der Waals surface area contributed by atoms with Gasteiger partial charge in [-0.25, -0.2) is 14.8 Å². The summed E-state index contributed by atoms with van der Waals surface area (Å²) in [5.74, 6) is -0.932. The van der Waals surface area contributed by atoms with Gasteiger partial charge >= 0.3 is 12.0 Å².